The van der Waals surface area contributed by atoms with Gasteiger partial charge in [0.15, 0.2) is 0 Å². The number of nitrogens with one attached hydrogen (secondary N) is 1. The van der Waals surface area contributed by atoms with Crippen molar-refractivity contribution in [2.75, 3.05) is 5.32 Å². The summed E-state index contributed by atoms with van der Waals surface area (Å²) in [6.07, 6.45) is 1.50. The fourth-order valence-electron chi connectivity index (χ4n) is 2.47. The van der Waals surface area contributed by atoms with Crippen LogP contribution in [-0.4, -0.2) is 9.97 Å². The summed E-state index contributed by atoms with van der Waals surface area (Å²) >= 11 is 0. The van der Waals surface area contributed by atoms with Crippen molar-refractivity contribution in [1.29, 1.82) is 0 Å². The molecule has 1 atom stereocenters. The van der Waals surface area contributed by atoms with E-state index in [4.69, 9.17) is 0 Å². The highest BCUT2D eigenvalue weighted by Gasteiger charge is 2.13. The lowest BCUT2D eigenvalue weighted by Crippen LogP contribution is -2.11. The summed E-state index contributed by atoms with van der Waals surface area (Å²) in [4.78, 5) is 8.14. The van der Waals surface area contributed by atoms with E-state index in [1.54, 1.807) is 6.07 Å². The molecule has 0 bridgehead atoms. The summed E-state index contributed by atoms with van der Waals surface area (Å²) in [5, 5.41) is 3.32. The van der Waals surface area contributed by atoms with Crippen LogP contribution in [0.15, 0.2) is 24.4 Å². The Morgan fingerprint density at radius 3 is 2.53 bits per heavy atom. The first-order valence-electron chi connectivity index (χ1n) is 6.30. The van der Waals surface area contributed by atoms with Gasteiger partial charge >= 0.3 is 0 Å². The van der Waals surface area contributed by atoms with Crippen molar-refractivity contribution in [2.24, 2.45) is 0 Å². The Labute approximate surface area is 112 Å². The highest BCUT2D eigenvalue weighted by atomic mass is 19.1. The number of aromatic nitrogens is 2. The van der Waals surface area contributed by atoms with Gasteiger partial charge in [-0.3, -0.25) is 4.98 Å². The van der Waals surface area contributed by atoms with Crippen LogP contribution in [0.5, 0.6) is 0 Å². The second kappa shape index (κ2) is 5.34. The van der Waals surface area contributed by atoms with Crippen molar-refractivity contribution in [3.8, 4) is 0 Å². The summed E-state index contributed by atoms with van der Waals surface area (Å²) in [5.41, 5.74) is 5.23. The quantitative estimate of drug-likeness (QED) is 0.854. The Hall–Kier alpha value is -1.97. The Bertz CT molecular complexity index is 555. The maximum Gasteiger partial charge on any atom is 0.212 e. The predicted molar refractivity (Wildman–Crippen MR) is 74.7 cm³/mol. The first-order chi connectivity index (χ1) is 8.97. The number of pyridine rings is 2. The van der Waals surface area contributed by atoms with E-state index in [0.717, 1.165) is 17.1 Å². The molecule has 0 aliphatic rings. The van der Waals surface area contributed by atoms with Gasteiger partial charge in [-0.05, 0) is 57.0 Å². The largest absolute Gasteiger partial charge is 0.377 e. The Kier molecular flexibility index (Phi) is 3.79. The highest BCUT2D eigenvalue weighted by Crippen LogP contribution is 2.24. The van der Waals surface area contributed by atoms with Gasteiger partial charge in [-0.25, -0.2) is 4.98 Å². The Balaban J connectivity index is 2.25. The monoisotopic (exact) mass is 259 g/mol. The van der Waals surface area contributed by atoms with Crippen LogP contribution < -0.4 is 5.32 Å². The zero-order valence-corrected chi connectivity index (χ0v) is 11.7. The molecule has 0 saturated carbocycles. The molecule has 0 amide bonds. The van der Waals surface area contributed by atoms with Crippen molar-refractivity contribution < 1.29 is 4.39 Å². The van der Waals surface area contributed by atoms with Crippen LogP contribution >= 0.6 is 0 Å². The van der Waals surface area contributed by atoms with Crippen LogP contribution in [0.4, 0.5) is 10.1 Å². The van der Waals surface area contributed by atoms with Gasteiger partial charge in [-0.1, -0.05) is 0 Å². The van der Waals surface area contributed by atoms with Crippen LogP contribution in [0.25, 0.3) is 0 Å². The number of hydrogen-bond donors (Lipinski definition) is 1. The molecular weight excluding hydrogens is 241 g/mol. The van der Waals surface area contributed by atoms with Gasteiger partial charge < -0.3 is 5.32 Å². The topological polar surface area (TPSA) is 37.8 Å². The molecule has 1 N–H and O–H groups in total. The molecule has 2 heterocycles. The molecule has 19 heavy (non-hydrogen) atoms. The van der Waals surface area contributed by atoms with Gasteiger partial charge in [0.25, 0.3) is 0 Å². The SMILES string of the molecule is Cc1cc(C)c(C(C)Nc2ccc(F)nc2)c(C)n1. The van der Waals surface area contributed by atoms with Gasteiger partial charge in [-0.15, -0.1) is 0 Å². The lowest BCUT2D eigenvalue weighted by molar-refractivity contribution is 0.584. The van der Waals surface area contributed by atoms with E-state index in [1.165, 1.54) is 23.4 Å². The minimum atomic E-state index is -0.470. The molecule has 4 heteroatoms. The third-order valence-corrected chi connectivity index (χ3v) is 3.13. The first-order valence-corrected chi connectivity index (χ1v) is 6.30. The third kappa shape index (κ3) is 3.08. The van der Waals surface area contributed by atoms with Gasteiger partial charge in [-0.2, -0.15) is 4.39 Å². The molecule has 0 spiro atoms. The minimum absolute atomic E-state index is 0.0976. The summed E-state index contributed by atoms with van der Waals surface area (Å²) in [6, 6.07) is 5.21. The third-order valence-electron chi connectivity index (χ3n) is 3.13. The number of aryl methyl sites for hydroxylation is 3. The van der Waals surface area contributed by atoms with Crippen molar-refractivity contribution >= 4 is 5.69 Å². The standard InChI is InChI=1S/C15H18FN3/c1-9-7-10(2)18-11(3)15(9)12(4)19-13-5-6-14(16)17-8-13/h5-8,12,19H,1-4H3. The average molecular weight is 259 g/mol. The van der Waals surface area contributed by atoms with Crippen molar-refractivity contribution in [2.45, 2.75) is 33.7 Å². The van der Waals surface area contributed by atoms with Crippen LogP contribution in [0.1, 0.15) is 35.5 Å². The number of rotatable bonds is 3. The molecule has 2 rings (SSSR count). The average Bonchev–Trinajstić information content (AvgIpc) is 2.30. The molecule has 0 aromatic carbocycles. The molecule has 0 aliphatic carbocycles. The smallest absolute Gasteiger partial charge is 0.212 e. The molecule has 2 aromatic rings. The van der Waals surface area contributed by atoms with Crippen LogP contribution in [0.3, 0.4) is 0 Å². The molecule has 100 valence electrons. The Morgan fingerprint density at radius 2 is 1.95 bits per heavy atom. The minimum Gasteiger partial charge on any atom is -0.377 e. The van der Waals surface area contributed by atoms with E-state index >= 15 is 0 Å². The van der Waals surface area contributed by atoms with E-state index in [9.17, 15) is 4.39 Å². The van der Waals surface area contributed by atoms with Crippen LogP contribution in [-0.2, 0) is 0 Å². The van der Waals surface area contributed by atoms with Gasteiger partial charge in [0.05, 0.1) is 17.9 Å². The molecule has 2 aromatic heterocycles. The maximum atomic E-state index is 12.8. The molecule has 3 nitrogen and oxygen atoms in total. The van der Waals surface area contributed by atoms with Crippen molar-refractivity contribution in [3.63, 3.8) is 0 Å². The fourth-order valence-corrected chi connectivity index (χ4v) is 2.47. The van der Waals surface area contributed by atoms with E-state index in [0.29, 0.717) is 0 Å². The number of hydrogen-bond acceptors (Lipinski definition) is 3. The number of anilines is 1. The van der Waals surface area contributed by atoms with Gasteiger partial charge in [0.1, 0.15) is 0 Å². The number of halogens is 1. The van der Waals surface area contributed by atoms with E-state index in [-0.39, 0.29) is 6.04 Å². The summed E-state index contributed by atoms with van der Waals surface area (Å²) in [7, 11) is 0. The normalized spacial score (nSPS) is 12.3. The van der Waals surface area contributed by atoms with Crippen molar-refractivity contribution in [1.82, 2.24) is 9.97 Å². The van der Waals surface area contributed by atoms with E-state index in [1.807, 2.05) is 13.8 Å². The van der Waals surface area contributed by atoms with Crippen LogP contribution in [0, 0.1) is 26.7 Å². The zero-order valence-electron chi connectivity index (χ0n) is 11.7. The molecule has 0 saturated heterocycles. The molecule has 1 unspecified atom stereocenters. The lowest BCUT2D eigenvalue weighted by atomic mass is 10.0. The molecular formula is C15H18FN3. The summed E-state index contributed by atoms with van der Waals surface area (Å²) in [6.45, 7) is 8.15. The second-order valence-electron chi connectivity index (χ2n) is 4.82. The lowest BCUT2D eigenvalue weighted by Gasteiger charge is -2.20. The number of nitrogens with zero attached hydrogens (tertiary/aromatic N) is 2. The zero-order chi connectivity index (χ0) is 14.0. The van der Waals surface area contributed by atoms with E-state index < -0.39 is 5.95 Å². The fraction of sp³-hybridized carbons (Fsp3) is 0.333. The second-order valence-corrected chi connectivity index (χ2v) is 4.82. The van der Waals surface area contributed by atoms with E-state index in [2.05, 4.69) is 35.2 Å². The summed E-state index contributed by atoms with van der Waals surface area (Å²) in [5.74, 6) is -0.470. The summed E-state index contributed by atoms with van der Waals surface area (Å²) < 4.78 is 12.8. The molecule has 0 radical (unpaired) electrons. The van der Waals surface area contributed by atoms with Crippen molar-refractivity contribution in [3.05, 3.63) is 52.9 Å². The molecule has 0 aliphatic heterocycles. The highest BCUT2D eigenvalue weighted by molar-refractivity contribution is 5.45. The first kappa shape index (κ1) is 13.5. The van der Waals surface area contributed by atoms with Crippen LogP contribution in [0.2, 0.25) is 0 Å². The Morgan fingerprint density at radius 1 is 1.21 bits per heavy atom. The van der Waals surface area contributed by atoms with Gasteiger partial charge in [0, 0.05) is 11.4 Å². The van der Waals surface area contributed by atoms with Gasteiger partial charge in [0.2, 0.25) is 5.95 Å². The molecule has 0 fully saturated rings. The maximum absolute atomic E-state index is 12.8. The predicted octanol–water partition coefficient (Wildman–Crippen LogP) is 3.71.